The summed E-state index contributed by atoms with van der Waals surface area (Å²) < 4.78 is 0. The molecule has 0 radical (unpaired) electrons. The van der Waals surface area contributed by atoms with Gasteiger partial charge in [0.2, 0.25) is 0 Å². The zero-order valence-electron chi connectivity index (χ0n) is 9.49. The Morgan fingerprint density at radius 2 is 2.06 bits per heavy atom. The summed E-state index contributed by atoms with van der Waals surface area (Å²) in [4.78, 5) is 8.95. The summed E-state index contributed by atoms with van der Waals surface area (Å²) in [5.41, 5.74) is 3.28. The van der Waals surface area contributed by atoms with Crippen molar-refractivity contribution in [2.24, 2.45) is 0 Å². The molecular weight excluding hydrogens is 287 g/mol. The van der Waals surface area contributed by atoms with Crippen molar-refractivity contribution in [3.63, 3.8) is 0 Å². The Morgan fingerprint density at radius 1 is 1.17 bits per heavy atom. The molecule has 0 bridgehead atoms. The monoisotopic (exact) mass is 296 g/mol. The number of thioether (sulfide) groups is 1. The van der Waals surface area contributed by atoms with Gasteiger partial charge < -0.3 is 0 Å². The summed E-state index contributed by atoms with van der Waals surface area (Å²) in [5, 5.41) is 1.33. The van der Waals surface area contributed by atoms with E-state index in [1.807, 2.05) is 36.0 Å². The molecule has 0 fully saturated rings. The van der Waals surface area contributed by atoms with Gasteiger partial charge in [-0.25, -0.2) is 9.97 Å². The van der Waals surface area contributed by atoms with Gasteiger partial charge in [0.05, 0.1) is 5.69 Å². The minimum absolute atomic E-state index is 0.599. The van der Waals surface area contributed by atoms with Crippen LogP contribution in [0.5, 0.6) is 0 Å². The first-order valence-corrected chi connectivity index (χ1v) is 7.50. The molecule has 2 aromatic rings. The Morgan fingerprint density at radius 3 is 2.89 bits per heavy atom. The van der Waals surface area contributed by atoms with E-state index >= 15 is 0 Å². The van der Waals surface area contributed by atoms with E-state index in [1.54, 1.807) is 0 Å². The van der Waals surface area contributed by atoms with Gasteiger partial charge in [0, 0.05) is 28.5 Å². The van der Waals surface area contributed by atoms with Crippen molar-refractivity contribution in [2.45, 2.75) is 17.9 Å². The third kappa shape index (κ3) is 2.48. The topological polar surface area (TPSA) is 25.8 Å². The normalized spacial score (nSPS) is 13.7. The lowest BCUT2D eigenvalue weighted by Gasteiger charge is -2.05. The number of hydrogen-bond acceptors (Lipinski definition) is 3. The van der Waals surface area contributed by atoms with Crippen LogP contribution in [0.3, 0.4) is 0 Å². The van der Waals surface area contributed by atoms with Gasteiger partial charge >= 0.3 is 0 Å². The zero-order chi connectivity index (χ0) is 12.5. The van der Waals surface area contributed by atoms with Crippen molar-refractivity contribution >= 4 is 35.0 Å². The predicted molar refractivity (Wildman–Crippen MR) is 76.3 cm³/mol. The number of hydrogen-bond donors (Lipinski definition) is 0. The van der Waals surface area contributed by atoms with E-state index in [4.69, 9.17) is 23.2 Å². The van der Waals surface area contributed by atoms with Crippen LogP contribution < -0.4 is 0 Å². The fourth-order valence-corrected chi connectivity index (χ4v) is 3.58. The van der Waals surface area contributed by atoms with Gasteiger partial charge in [-0.05, 0) is 17.7 Å². The number of nitrogens with zero attached hydrogens (tertiary/aromatic N) is 2. The molecule has 1 aliphatic heterocycles. The van der Waals surface area contributed by atoms with E-state index < -0.39 is 0 Å². The van der Waals surface area contributed by atoms with Gasteiger partial charge in [0.25, 0.3) is 0 Å². The van der Waals surface area contributed by atoms with Crippen LogP contribution in [-0.2, 0) is 17.9 Å². The van der Waals surface area contributed by atoms with Crippen molar-refractivity contribution < 1.29 is 0 Å². The lowest BCUT2D eigenvalue weighted by Crippen LogP contribution is -2.02. The molecule has 0 saturated carbocycles. The quantitative estimate of drug-likeness (QED) is 0.780. The summed E-state index contributed by atoms with van der Waals surface area (Å²) in [6.45, 7) is 0. The van der Waals surface area contributed by atoms with Gasteiger partial charge in [0.1, 0.15) is 11.0 Å². The Balaban J connectivity index is 1.92. The highest BCUT2D eigenvalue weighted by molar-refractivity contribution is 7.98. The maximum atomic E-state index is 6.18. The summed E-state index contributed by atoms with van der Waals surface area (Å²) in [6, 6.07) is 7.74. The van der Waals surface area contributed by atoms with Crippen molar-refractivity contribution in [2.75, 3.05) is 0 Å². The molecule has 0 N–H and O–H groups in total. The first-order valence-electron chi connectivity index (χ1n) is 5.59. The van der Waals surface area contributed by atoms with Crippen molar-refractivity contribution in [3.8, 4) is 0 Å². The average molecular weight is 297 g/mol. The summed E-state index contributed by atoms with van der Waals surface area (Å²) >= 11 is 14.0. The fraction of sp³-hybridized carbons (Fsp3) is 0.231. The summed E-state index contributed by atoms with van der Waals surface area (Å²) in [5.74, 6) is 2.62. The van der Waals surface area contributed by atoms with E-state index in [1.165, 1.54) is 0 Å². The van der Waals surface area contributed by atoms with Crippen molar-refractivity contribution in [1.82, 2.24) is 9.97 Å². The molecule has 0 spiro atoms. The third-order valence-electron chi connectivity index (χ3n) is 2.83. The summed E-state index contributed by atoms with van der Waals surface area (Å²) in [6.07, 6.45) is 0.665. The minimum Gasteiger partial charge on any atom is -0.236 e. The van der Waals surface area contributed by atoms with Gasteiger partial charge in [-0.1, -0.05) is 35.3 Å². The van der Waals surface area contributed by atoms with E-state index in [0.29, 0.717) is 11.6 Å². The van der Waals surface area contributed by atoms with Gasteiger partial charge in [-0.15, -0.1) is 0 Å². The minimum atomic E-state index is 0.599. The molecule has 3 rings (SSSR count). The molecule has 0 unspecified atom stereocenters. The first kappa shape index (κ1) is 12.3. The highest BCUT2D eigenvalue weighted by Gasteiger charge is 2.18. The SMILES string of the molecule is Clc1cccc(Cc2nc(Cl)c3c(n2)CSC3)c1. The Hall–Kier alpha value is -0.770. The lowest BCUT2D eigenvalue weighted by molar-refractivity contribution is 0.928. The standard InChI is InChI=1S/C13H10Cl2N2S/c14-9-3-1-2-8(4-9)5-12-16-11-7-18-6-10(11)13(15)17-12/h1-4H,5-7H2. The summed E-state index contributed by atoms with van der Waals surface area (Å²) in [7, 11) is 0. The molecule has 0 saturated heterocycles. The molecule has 1 aliphatic rings. The maximum absolute atomic E-state index is 6.18. The van der Waals surface area contributed by atoms with E-state index in [2.05, 4.69) is 9.97 Å². The Labute approximate surface area is 120 Å². The highest BCUT2D eigenvalue weighted by atomic mass is 35.5. The Kier molecular flexibility index (Phi) is 3.46. The smallest absolute Gasteiger partial charge is 0.137 e. The molecule has 0 atom stereocenters. The number of fused-ring (bicyclic) bond motifs is 1. The highest BCUT2D eigenvalue weighted by Crippen LogP contribution is 2.32. The molecule has 1 aromatic heterocycles. The molecule has 1 aromatic carbocycles. The molecular formula is C13H10Cl2N2S. The molecule has 0 amide bonds. The second kappa shape index (κ2) is 5.08. The first-order chi connectivity index (χ1) is 8.72. The van der Waals surface area contributed by atoms with Crippen LogP contribution in [0.15, 0.2) is 24.3 Å². The second-order valence-electron chi connectivity index (χ2n) is 4.16. The van der Waals surface area contributed by atoms with Crippen LogP contribution in [0.1, 0.15) is 22.6 Å². The zero-order valence-corrected chi connectivity index (χ0v) is 11.8. The van der Waals surface area contributed by atoms with Gasteiger partial charge in [-0.3, -0.25) is 0 Å². The molecule has 0 aliphatic carbocycles. The molecule has 5 heteroatoms. The van der Waals surface area contributed by atoms with Crippen LogP contribution in [0.2, 0.25) is 10.2 Å². The third-order valence-corrected chi connectivity index (χ3v) is 4.34. The molecule has 2 heterocycles. The molecule has 18 heavy (non-hydrogen) atoms. The van der Waals surface area contributed by atoms with Crippen LogP contribution >= 0.6 is 35.0 Å². The van der Waals surface area contributed by atoms with Crippen LogP contribution in [0, 0.1) is 0 Å². The maximum Gasteiger partial charge on any atom is 0.137 e. The van der Waals surface area contributed by atoms with Crippen LogP contribution in [0.25, 0.3) is 0 Å². The van der Waals surface area contributed by atoms with Gasteiger partial charge in [0.15, 0.2) is 0 Å². The molecule has 2 nitrogen and oxygen atoms in total. The fourth-order valence-electron chi connectivity index (χ4n) is 1.97. The Bertz CT molecular complexity index is 602. The number of benzene rings is 1. The molecule has 92 valence electrons. The van der Waals surface area contributed by atoms with E-state index in [-0.39, 0.29) is 0 Å². The van der Waals surface area contributed by atoms with E-state index in [0.717, 1.165) is 39.2 Å². The number of rotatable bonds is 2. The predicted octanol–water partition coefficient (Wildman–Crippen LogP) is 4.12. The van der Waals surface area contributed by atoms with Crippen molar-refractivity contribution in [3.05, 3.63) is 57.1 Å². The van der Waals surface area contributed by atoms with Gasteiger partial charge in [-0.2, -0.15) is 11.8 Å². The average Bonchev–Trinajstić information content (AvgIpc) is 2.77. The number of aromatic nitrogens is 2. The second-order valence-corrected chi connectivity index (χ2v) is 5.94. The van der Waals surface area contributed by atoms with Crippen molar-refractivity contribution in [1.29, 1.82) is 0 Å². The van der Waals surface area contributed by atoms with Crippen LogP contribution in [0.4, 0.5) is 0 Å². The lowest BCUT2D eigenvalue weighted by atomic mass is 10.1. The van der Waals surface area contributed by atoms with E-state index in [9.17, 15) is 0 Å². The largest absolute Gasteiger partial charge is 0.236 e. The number of halogens is 2. The van der Waals surface area contributed by atoms with Crippen LogP contribution in [-0.4, -0.2) is 9.97 Å².